The molecular formula is C7H14N2O7S. The molecule has 0 aliphatic heterocycles. The highest BCUT2D eigenvalue weighted by atomic mass is 32.2. The van der Waals surface area contributed by atoms with E-state index >= 15 is 0 Å². The predicted molar refractivity (Wildman–Crippen MR) is 55.3 cm³/mol. The van der Waals surface area contributed by atoms with Crippen LogP contribution in [0.5, 0.6) is 0 Å². The number of carboxylic acid groups (broad SMARTS) is 1. The lowest BCUT2D eigenvalue weighted by atomic mass is 10.3. The molecule has 0 aliphatic carbocycles. The van der Waals surface area contributed by atoms with Crippen molar-refractivity contribution < 1.29 is 33.0 Å². The Morgan fingerprint density at radius 2 is 1.88 bits per heavy atom. The number of aliphatic hydroxyl groups is 1. The molecule has 0 saturated carbocycles. The van der Waals surface area contributed by atoms with Gasteiger partial charge >= 0.3 is 22.3 Å². The van der Waals surface area contributed by atoms with E-state index in [1.807, 2.05) is 0 Å². The lowest BCUT2D eigenvalue weighted by Crippen LogP contribution is -2.50. The van der Waals surface area contributed by atoms with E-state index in [-0.39, 0.29) is 0 Å². The minimum atomic E-state index is -4.40. The molecule has 0 aliphatic rings. The molecular weight excluding hydrogens is 256 g/mol. The van der Waals surface area contributed by atoms with Crippen molar-refractivity contribution >= 4 is 22.3 Å². The minimum absolute atomic E-state index is 0.529. The van der Waals surface area contributed by atoms with Crippen LogP contribution >= 0.6 is 0 Å². The van der Waals surface area contributed by atoms with Gasteiger partial charge in [0.25, 0.3) is 0 Å². The zero-order chi connectivity index (χ0) is 13.6. The van der Waals surface area contributed by atoms with E-state index in [9.17, 15) is 18.0 Å². The number of aliphatic carboxylic acids is 1. The number of carboxylic acids is 1. The van der Waals surface area contributed by atoms with Crippen molar-refractivity contribution in [3.63, 3.8) is 0 Å². The number of hydrogen-bond acceptors (Lipinski definition) is 6. The first-order chi connectivity index (χ1) is 7.68. The lowest BCUT2D eigenvalue weighted by molar-refractivity contribution is -0.139. The summed E-state index contributed by atoms with van der Waals surface area (Å²) in [6.45, 7) is 2.07. The van der Waals surface area contributed by atoms with E-state index in [1.165, 1.54) is 18.6 Å². The second-order valence-corrected chi connectivity index (χ2v) is 4.70. The van der Waals surface area contributed by atoms with E-state index in [1.54, 1.807) is 4.72 Å². The van der Waals surface area contributed by atoms with Gasteiger partial charge in [-0.25, -0.2) is 9.52 Å². The molecule has 100 valence electrons. The summed E-state index contributed by atoms with van der Waals surface area (Å²) in [4.78, 5) is 21.4. The van der Waals surface area contributed by atoms with Crippen LogP contribution in [0.2, 0.25) is 0 Å². The van der Waals surface area contributed by atoms with Crippen LogP contribution in [0.4, 0.5) is 4.79 Å². The van der Waals surface area contributed by atoms with Crippen molar-refractivity contribution in [3.05, 3.63) is 0 Å². The maximum atomic E-state index is 11.2. The molecule has 17 heavy (non-hydrogen) atoms. The molecule has 0 aromatic carbocycles. The molecule has 0 spiro atoms. The Kier molecular flexibility index (Phi) is 5.85. The third-order valence-corrected chi connectivity index (χ3v) is 2.37. The number of aliphatic hydroxyl groups excluding tert-OH is 1. The normalized spacial score (nSPS) is 13.2. The number of amides is 1. The number of nitrogens with one attached hydrogen (secondary N) is 2. The fourth-order valence-corrected chi connectivity index (χ4v) is 1.61. The average Bonchev–Trinajstić information content (AvgIpc) is 2.11. The SMILES string of the molecule is CC(C)OC(=O)NS(=O)(=O)N[C@@H](CO)C(=O)O. The van der Waals surface area contributed by atoms with Crippen LogP contribution in [0.25, 0.3) is 0 Å². The Morgan fingerprint density at radius 1 is 1.35 bits per heavy atom. The summed E-state index contributed by atoms with van der Waals surface area (Å²) >= 11 is 0. The average molecular weight is 270 g/mol. The van der Waals surface area contributed by atoms with Crippen LogP contribution in [0.1, 0.15) is 13.8 Å². The Hall–Kier alpha value is -1.39. The van der Waals surface area contributed by atoms with Gasteiger partial charge in [0.1, 0.15) is 6.04 Å². The van der Waals surface area contributed by atoms with E-state index in [0.717, 1.165) is 0 Å². The molecule has 0 rings (SSSR count). The van der Waals surface area contributed by atoms with Gasteiger partial charge in [-0.05, 0) is 13.8 Å². The summed E-state index contributed by atoms with van der Waals surface area (Å²) < 4.78 is 29.9. The molecule has 1 amide bonds. The summed E-state index contributed by atoms with van der Waals surface area (Å²) in [6, 6.07) is -1.74. The van der Waals surface area contributed by atoms with Gasteiger partial charge < -0.3 is 14.9 Å². The van der Waals surface area contributed by atoms with Crippen LogP contribution in [0.3, 0.4) is 0 Å². The summed E-state index contributed by atoms with van der Waals surface area (Å²) in [5.41, 5.74) is 0. The van der Waals surface area contributed by atoms with Gasteiger partial charge in [0.15, 0.2) is 0 Å². The maximum absolute atomic E-state index is 11.2. The largest absolute Gasteiger partial charge is 0.480 e. The van der Waals surface area contributed by atoms with Gasteiger partial charge in [0, 0.05) is 0 Å². The highest BCUT2D eigenvalue weighted by Gasteiger charge is 2.25. The number of carbonyl (C=O) groups is 2. The summed E-state index contributed by atoms with van der Waals surface area (Å²) in [6.07, 6.45) is -1.77. The van der Waals surface area contributed by atoms with Gasteiger partial charge in [-0.1, -0.05) is 0 Å². The first-order valence-electron chi connectivity index (χ1n) is 4.52. The molecule has 1 atom stereocenters. The molecule has 0 bridgehead atoms. The van der Waals surface area contributed by atoms with Gasteiger partial charge in [0.05, 0.1) is 12.7 Å². The summed E-state index contributed by atoms with van der Waals surface area (Å²) in [5, 5.41) is 17.1. The van der Waals surface area contributed by atoms with Crippen molar-refractivity contribution in [1.82, 2.24) is 9.44 Å². The molecule has 10 heteroatoms. The van der Waals surface area contributed by atoms with Crippen LogP contribution in [-0.2, 0) is 19.7 Å². The Morgan fingerprint density at radius 3 is 2.24 bits per heavy atom. The second kappa shape index (κ2) is 6.37. The van der Waals surface area contributed by atoms with Crippen molar-refractivity contribution in [3.8, 4) is 0 Å². The smallest absolute Gasteiger partial charge is 0.422 e. The van der Waals surface area contributed by atoms with Gasteiger partial charge in [0.2, 0.25) is 0 Å². The molecule has 0 heterocycles. The van der Waals surface area contributed by atoms with Crippen molar-refractivity contribution in [2.45, 2.75) is 26.0 Å². The van der Waals surface area contributed by atoms with E-state index in [4.69, 9.17) is 10.2 Å². The minimum Gasteiger partial charge on any atom is -0.480 e. The highest BCUT2D eigenvalue weighted by Crippen LogP contribution is 1.92. The first kappa shape index (κ1) is 15.6. The van der Waals surface area contributed by atoms with Gasteiger partial charge in [-0.2, -0.15) is 13.1 Å². The van der Waals surface area contributed by atoms with Crippen molar-refractivity contribution in [1.29, 1.82) is 0 Å². The van der Waals surface area contributed by atoms with Crippen molar-refractivity contribution in [2.75, 3.05) is 6.61 Å². The van der Waals surface area contributed by atoms with E-state index < -0.39 is 41.0 Å². The first-order valence-corrected chi connectivity index (χ1v) is 6.00. The molecule has 9 nitrogen and oxygen atoms in total. The Balaban J connectivity index is 4.49. The van der Waals surface area contributed by atoms with Crippen molar-refractivity contribution in [2.24, 2.45) is 0 Å². The lowest BCUT2D eigenvalue weighted by Gasteiger charge is -2.13. The Bertz CT molecular complexity index is 378. The number of carbonyl (C=O) groups excluding carboxylic acids is 1. The van der Waals surface area contributed by atoms with Gasteiger partial charge in [-0.15, -0.1) is 0 Å². The van der Waals surface area contributed by atoms with E-state index in [0.29, 0.717) is 0 Å². The van der Waals surface area contributed by atoms with Gasteiger partial charge in [-0.3, -0.25) is 4.79 Å². The van der Waals surface area contributed by atoms with E-state index in [2.05, 4.69) is 4.74 Å². The van der Waals surface area contributed by atoms with Crippen LogP contribution in [0.15, 0.2) is 0 Å². The maximum Gasteiger partial charge on any atom is 0.422 e. The highest BCUT2D eigenvalue weighted by molar-refractivity contribution is 7.88. The number of rotatable bonds is 6. The fraction of sp³-hybridized carbons (Fsp3) is 0.714. The molecule has 0 aromatic rings. The topological polar surface area (TPSA) is 142 Å². The quantitative estimate of drug-likeness (QED) is 0.455. The molecule has 0 radical (unpaired) electrons. The summed E-state index contributed by atoms with van der Waals surface area (Å²) in [5.74, 6) is -1.57. The summed E-state index contributed by atoms with van der Waals surface area (Å²) in [7, 11) is -4.40. The molecule has 0 aromatic heterocycles. The predicted octanol–water partition coefficient (Wildman–Crippen LogP) is -1.60. The zero-order valence-electron chi connectivity index (χ0n) is 9.21. The van der Waals surface area contributed by atoms with Crippen LogP contribution in [-0.4, -0.2) is 49.4 Å². The standard InChI is InChI=1S/C7H14N2O7S/c1-4(2)16-7(13)9-17(14,15)8-5(3-10)6(11)12/h4-5,8,10H,3H2,1-2H3,(H,9,13)(H,11,12)/t5-/m0/s1. The molecule has 0 unspecified atom stereocenters. The zero-order valence-corrected chi connectivity index (χ0v) is 10.0. The molecule has 0 saturated heterocycles. The monoisotopic (exact) mass is 270 g/mol. The fourth-order valence-electron chi connectivity index (χ4n) is 0.730. The van der Waals surface area contributed by atoms with Crippen LogP contribution < -0.4 is 9.44 Å². The number of ether oxygens (including phenoxy) is 1. The molecule has 0 fully saturated rings. The van der Waals surface area contributed by atoms with Crippen LogP contribution in [0, 0.1) is 0 Å². The number of hydrogen-bond donors (Lipinski definition) is 4. The third kappa shape index (κ3) is 6.71. The second-order valence-electron chi connectivity index (χ2n) is 3.25. The third-order valence-electron chi connectivity index (χ3n) is 1.34. The molecule has 4 N–H and O–H groups in total. The Labute approximate surface area is 97.9 Å².